The van der Waals surface area contributed by atoms with Crippen molar-refractivity contribution in [1.82, 2.24) is 9.80 Å². The molecule has 136 valence electrons. The van der Waals surface area contributed by atoms with Gasteiger partial charge in [0.15, 0.2) is 11.5 Å². The molecular formula is C20H28N2O3. The molecule has 0 aromatic heterocycles. The highest BCUT2D eigenvalue weighted by Crippen LogP contribution is 2.32. The van der Waals surface area contributed by atoms with Crippen molar-refractivity contribution >= 4 is 5.91 Å². The Hall–Kier alpha value is -2.01. The standard InChI is InChI=1S/C20H28N2O3/c1-4-13-25-18-10-9-15(14-19(18)24-3)20(23)22-12-6-8-17(22)16-7-5-11-21(16)2/h4,9-10,14,16-17H,1,5-8,11-13H2,2-3H3/t16-,17+/m1/s1. The van der Waals surface area contributed by atoms with E-state index < -0.39 is 0 Å². The zero-order valence-corrected chi connectivity index (χ0v) is 15.2. The van der Waals surface area contributed by atoms with Gasteiger partial charge in [0, 0.05) is 24.2 Å². The first kappa shape index (κ1) is 17.8. The van der Waals surface area contributed by atoms with Gasteiger partial charge in [0.25, 0.3) is 5.91 Å². The van der Waals surface area contributed by atoms with Gasteiger partial charge in [-0.1, -0.05) is 12.7 Å². The van der Waals surface area contributed by atoms with E-state index in [4.69, 9.17) is 9.47 Å². The molecule has 0 saturated carbocycles. The summed E-state index contributed by atoms with van der Waals surface area (Å²) in [5, 5.41) is 0. The molecule has 1 aromatic rings. The number of hydrogen-bond acceptors (Lipinski definition) is 4. The number of likely N-dealkylation sites (N-methyl/N-ethyl adjacent to an activating group) is 1. The SMILES string of the molecule is C=CCOc1ccc(C(=O)N2CCC[C@H]2[C@H]2CCCN2C)cc1OC. The van der Waals surface area contributed by atoms with E-state index in [0.29, 0.717) is 35.8 Å². The highest BCUT2D eigenvalue weighted by atomic mass is 16.5. The summed E-state index contributed by atoms with van der Waals surface area (Å²) in [6.07, 6.45) is 6.27. The number of likely N-dealkylation sites (tertiary alicyclic amines) is 2. The first-order valence-electron chi connectivity index (χ1n) is 9.08. The Morgan fingerprint density at radius 2 is 2.00 bits per heavy atom. The van der Waals surface area contributed by atoms with Crippen molar-refractivity contribution in [1.29, 1.82) is 0 Å². The molecular weight excluding hydrogens is 316 g/mol. The first-order chi connectivity index (χ1) is 12.2. The van der Waals surface area contributed by atoms with Crippen LogP contribution in [0.3, 0.4) is 0 Å². The third-order valence-electron chi connectivity index (χ3n) is 5.35. The maximum Gasteiger partial charge on any atom is 0.254 e. The van der Waals surface area contributed by atoms with Gasteiger partial charge in [-0.25, -0.2) is 0 Å². The molecule has 2 atom stereocenters. The molecule has 2 fully saturated rings. The van der Waals surface area contributed by atoms with Crippen molar-refractivity contribution in [2.24, 2.45) is 0 Å². The molecule has 25 heavy (non-hydrogen) atoms. The van der Waals surface area contributed by atoms with Crippen LogP contribution in [0, 0.1) is 0 Å². The Bertz CT molecular complexity index is 631. The quantitative estimate of drug-likeness (QED) is 0.744. The number of amides is 1. The molecule has 3 rings (SSSR count). The molecule has 0 radical (unpaired) electrons. The molecule has 2 saturated heterocycles. The maximum atomic E-state index is 13.1. The molecule has 0 spiro atoms. The summed E-state index contributed by atoms with van der Waals surface area (Å²) in [6.45, 7) is 6.03. The fraction of sp³-hybridized carbons (Fsp3) is 0.550. The van der Waals surface area contributed by atoms with Crippen molar-refractivity contribution < 1.29 is 14.3 Å². The van der Waals surface area contributed by atoms with Crippen molar-refractivity contribution in [3.8, 4) is 11.5 Å². The predicted octanol–water partition coefficient (Wildman–Crippen LogP) is 2.96. The lowest BCUT2D eigenvalue weighted by Crippen LogP contribution is -2.47. The van der Waals surface area contributed by atoms with Crippen LogP contribution < -0.4 is 9.47 Å². The average Bonchev–Trinajstić information content (AvgIpc) is 3.27. The average molecular weight is 344 g/mol. The summed E-state index contributed by atoms with van der Waals surface area (Å²) in [5.74, 6) is 1.31. The van der Waals surface area contributed by atoms with E-state index in [1.165, 1.54) is 12.8 Å². The van der Waals surface area contributed by atoms with Gasteiger partial charge in [-0.2, -0.15) is 0 Å². The Labute approximate surface area is 150 Å². The predicted molar refractivity (Wildman–Crippen MR) is 98.4 cm³/mol. The van der Waals surface area contributed by atoms with Crippen LogP contribution in [0.4, 0.5) is 0 Å². The van der Waals surface area contributed by atoms with Gasteiger partial charge in [0.2, 0.25) is 0 Å². The second-order valence-electron chi connectivity index (χ2n) is 6.86. The van der Waals surface area contributed by atoms with Crippen LogP contribution in [-0.2, 0) is 0 Å². The second kappa shape index (κ2) is 7.91. The zero-order valence-electron chi connectivity index (χ0n) is 15.2. The van der Waals surface area contributed by atoms with E-state index in [-0.39, 0.29) is 5.91 Å². The summed E-state index contributed by atoms with van der Waals surface area (Å²) in [7, 11) is 3.77. The van der Waals surface area contributed by atoms with Crippen LogP contribution in [0.1, 0.15) is 36.0 Å². The normalized spacial score (nSPS) is 23.7. The molecule has 2 aliphatic heterocycles. The lowest BCUT2D eigenvalue weighted by Gasteiger charge is -2.33. The Balaban J connectivity index is 1.78. The Morgan fingerprint density at radius 3 is 2.68 bits per heavy atom. The van der Waals surface area contributed by atoms with Crippen LogP contribution in [0.25, 0.3) is 0 Å². The number of nitrogens with zero attached hydrogens (tertiary/aromatic N) is 2. The molecule has 5 nitrogen and oxygen atoms in total. The topological polar surface area (TPSA) is 42.0 Å². The Morgan fingerprint density at radius 1 is 1.24 bits per heavy atom. The lowest BCUT2D eigenvalue weighted by molar-refractivity contribution is 0.0664. The molecule has 5 heteroatoms. The molecule has 0 bridgehead atoms. The molecule has 1 aromatic carbocycles. The molecule has 0 aliphatic carbocycles. The molecule has 1 amide bonds. The minimum atomic E-state index is 0.0939. The zero-order chi connectivity index (χ0) is 17.8. The number of rotatable bonds is 6. The lowest BCUT2D eigenvalue weighted by atomic mass is 10.0. The van der Waals surface area contributed by atoms with Gasteiger partial charge in [-0.05, 0) is 57.5 Å². The van der Waals surface area contributed by atoms with Crippen LogP contribution in [0.2, 0.25) is 0 Å². The summed E-state index contributed by atoms with van der Waals surface area (Å²) in [6, 6.07) is 6.24. The highest BCUT2D eigenvalue weighted by molar-refractivity contribution is 5.95. The third-order valence-corrected chi connectivity index (χ3v) is 5.35. The monoisotopic (exact) mass is 344 g/mol. The van der Waals surface area contributed by atoms with Crippen molar-refractivity contribution in [2.75, 3.05) is 33.9 Å². The van der Waals surface area contributed by atoms with Gasteiger partial charge in [-0.15, -0.1) is 0 Å². The Kier molecular flexibility index (Phi) is 5.63. The molecule has 2 heterocycles. The van der Waals surface area contributed by atoms with E-state index in [9.17, 15) is 4.79 Å². The van der Waals surface area contributed by atoms with Gasteiger partial charge >= 0.3 is 0 Å². The summed E-state index contributed by atoms with van der Waals surface area (Å²) < 4.78 is 11.0. The van der Waals surface area contributed by atoms with Gasteiger partial charge in [0.05, 0.1) is 7.11 Å². The smallest absolute Gasteiger partial charge is 0.254 e. The van der Waals surface area contributed by atoms with Crippen LogP contribution in [-0.4, -0.2) is 61.6 Å². The molecule has 0 unspecified atom stereocenters. The van der Waals surface area contributed by atoms with Crippen molar-refractivity contribution in [3.05, 3.63) is 36.4 Å². The number of methoxy groups -OCH3 is 1. The fourth-order valence-electron chi connectivity index (χ4n) is 4.10. The van der Waals surface area contributed by atoms with Gasteiger partial charge in [-0.3, -0.25) is 4.79 Å². The minimum Gasteiger partial charge on any atom is -0.493 e. The van der Waals surface area contributed by atoms with Crippen LogP contribution >= 0.6 is 0 Å². The number of benzene rings is 1. The maximum absolute atomic E-state index is 13.1. The van der Waals surface area contributed by atoms with Crippen LogP contribution in [0.5, 0.6) is 11.5 Å². The van der Waals surface area contributed by atoms with Crippen molar-refractivity contribution in [3.63, 3.8) is 0 Å². The van der Waals surface area contributed by atoms with E-state index in [1.54, 1.807) is 19.3 Å². The summed E-state index contributed by atoms with van der Waals surface area (Å²) >= 11 is 0. The van der Waals surface area contributed by atoms with E-state index in [1.807, 2.05) is 12.1 Å². The summed E-state index contributed by atoms with van der Waals surface area (Å²) in [5.41, 5.74) is 0.662. The number of carbonyl (C=O) groups excluding carboxylic acids is 1. The minimum absolute atomic E-state index is 0.0939. The van der Waals surface area contributed by atoms with Gasteiger partial charge < -0.3 is 19.3 Å². The molecule has 2 aliphatic rings. The summed E-state index contributed by atoms with van der Waals surface area (Å²) in [4.78, 5) is 17.6. The van der Waals surface area contributed by atoms with Crippen LogP contribution in [0.15, 0.2) is 30.9 Å². The number of hydrogen-bond donors (Lipinski definition) is 0. The van der Waals surface area contributed by atoms with E-state index >= 15 is 0 Å². The number of carbonyl (C=O) groups is 1. The number of ether oxygens (including phenoxy) is 2. The van der Waals surface area contributed by atoms with Gasteiger partial charge in [0.1, 0.15) is 6.61 Å². The van der Waals surface area contributed by atoms with Crippen molar-refractivity contribution in [2.45, 2.75) is 37.8 Å². The van der Waals surface area contributed by atoms with E-state index in [2.05, 4.69) is 23.4 Å². The van der Waals surface area contributed by atoms with E-state index in [0.717, 1.165) is 25.9 Å². The first-order valence-corrected chi connectivity index (χ1v) is 9.08. The highest BCUT2D eigenvalue weighted by Gasteiger charge is 2.38. The third kappa shape index (κ3) is 3.66. The fourth-order valence-corrected chi connectivity index (χ4v) is 4.10. The second-order valence-corrected chi connectivity index (χ2v) is 6.86. The molecule has 0 N–H and O–H groups in total. The largest absolute Gasteiger partial charge is 0.493 e.